The Bertz CT molecular complexity index is 751. The Labute approximate surface area is 165 Å². The van der Waals surface area contributed by atoms with E-state index in [4.69, 9.17) is 15.9 Å². The molecule has 0 fully saturated rings. The number of aromatic amines is 1. The van der Waals surface area contributed by atoms with Crippen molar-refractivity contribution in [3.05, 3.63) is 18.2 Å². The molecule has 0 saturated heterocycles. The van der Waals surface area contributed by atoms with Crippen LogP contribution in [0.15, 0.2) is 12.5 Å². The van der Waals surface area contributed by atoms with E-state index in [-0.39, 0.29) is 6.42 Å². The molecule has 4 atom stereocenters. The average Bonchev–Trinajstić information content (AvgIpc) is 3.13. The van der Waals surface area contributed by atoms with Crippen LogP contribution >= 0.6 is 0 Å². The first kappa shape index (κ1) is 23.6. The average molecular weight is 412 g/mol. The fourth-order valence-electron chi connectivity index (χ4n) is 2.19. The van der Waals surface area contributed by atoms with Gasteiger partial charge in [-0.05, 0) is 13.8 Å². The molecule has 0 radical (unpaired) electrons. The Morgan fingerprint density at radius 3 is 2.07 bits per heavy atom. The van der Waals surface area contributed by atoms with Crippen molar-refractivity contribution in [3.8, 4) is 0 Å². The van der Waals surface area contributed by atoms with E-state index in [0.717, 1.165) is 0 Å². The zero-order chi connectivity index (χ0) is 22.1. The zero-order valence-electron chi connectivity index (χ0n) is 15.8. The third-order valence-corrected chi connectivity index (χ3v) is 3.83. The highest BCUT2D eigenvalue weighted by molar-refractivity contribution is 5.94. The Kier molecular flexibility index (Phi) is 8.73. The summed E-state index contributed by atoms with van der Waals surface area (Å²) in [5.74, 6) is -5.11. The van der Waals surface area contributed by atoms with Crippen molar-refractivity contribution in [1.29, 1.82) is 0 Å². The quantitative estimate of drug-likeness (QED) is 0.201. The van der Waals surface area contributed by atoms with Gasteiger partial charge in [0.05, 0.1) is 18.8 Å². The van der Waals surface area contributed by atoms with Crippen LogP contribution in [0, 0.1) is 0 Å². The summed E-state index contributed by atoms with van der Waals surface area (Å²) in [6, 6.07) is -4.77. The van der Waals surface area contributed by atoms with E-state index in [0.29, 0.717) is 5.69 Å². The van der Waals surface area contributed by atoms with E-state index >= 15 is 0 Å². The van der Waals surface area contributed by atoms with Gasteiger partial charge in [-0.3, -0.25) is 19.2 Å². The molecule has 0 aromatic carbocycles. The first-order chi connectivity index (χ1) is 13.5. The van der Waals surface area contributed by atoms with Crippen LogP contribution in [0.2, 0.25) is 0 Å². The van der Waals surface area contributed by atoms with Gasteiger partial charge in [0.1, 0.15) is 18.1 Å². The number of carbonyl (C=O) groups is 5. The number of carboxylic acid groups (broad SMARTS) is 2. The molecule has 1 aromatic rings. The van der Waals surface area contributed by atoms with Crippen LogP contribution in [0.5, 0.6) is 0 Å². The number of imidazole rings is 1. The van der Waals surface area contributed by atoms with Gasteiger partial charge >= 0.3 is 11.9 Å². The number of carboxylic acids is 2. The summed E-state index contributed by atoms with van der Waals surface area (Å²) in [5, 5.41) is 24.3. The van der Waals surface area contributed by atoms with Crippen LogP contribution < -0.4 is 21.7 Å². The number of aliphatic carboxylic acids is 2. The lowest BCUT2D eigenvalue weighted by atomic mass is 10.1. The largest absolute Gasteiger partial charge is 0.481 e. The predicted molar refractivity (Wildman–Crippen MR) is 97.3 cm³/mol. The highest BCUT2D eigenvalue weighted by Gasteiger charge is 2.27. The highest BCUT2D eigenvalue weighted by Crippen LogP contribution is 1.98. The third kappa shape index (κ3) is 7.96. The summed E-state index contributed by atoms with van der Waals surface area (Å²) in [7, 11) is 0. The van der Waals surface area contributed by atoms with Gasteiger partial charge in [-0.25, -0.2) is 9.78 Å². The van der Waals surface area contributed by atoms with Gasteiger partial charge in [-0.2, -0.15) is 0 Å². The van der Waals surface area contributed by atoms with Crippen molar-refractivity contribution >= 4 is 29.7 Å². The van der Waals surface area contributed by atoms with Crippen LogP contribution in [0.4, 0.5) is 0 Å². The first-order valence-electron chi connectivity index (χ1n) is 8.59. The number of H-pyrrole nitrogens is 1. The van der Waals surface area contributed by atoms with Crippen LogP contribution in [0.1, 0.15) is 26.0 Å². The molecule has 4 unspecified atom stereocenters. The van der Waals surface area contributed by atoms with E-state index in [1.165, 1.54) is 26.4 Å². The van der Waals surface area contributed by atoms with Crippen LogP contribution in [-0.4, -0.2) is 74.0 Å². The molecule has 29 heavy (non-hydrogen) atoms. The number of nitrogens with zero attached hydrogens (tertiary/aromatic N) is 1. The molecule has 0 aliphatic heterocycles. The molecule has 3 amide bonds. The number of nitrogens with two attached hydrogens (primary N) is 1. The van der Waals surface area contributed by atoms with E-state index in [1.54, 1.807) is 0 Å². The first-order valence-corrected chi connectivity index (χ1v) is 8.59. The van der Waals surface area contributed by atoms with Crippen molar-refractivity contribution in [2.45, 2.75) is 50.9 Å². The summed E-state index contributed by atoms with van der Waals surface area (Å²) in [4.78, 5) is 64.5. The smallest absolute Gasteiger partial charge is 0.326 e. The van der Waals surface area contributed by atoms with Gasteiger partial charge in [0, 0.05) is 18.3 Å². The minimum atomic E-state index is -1.64. The van der Waals surface area contributed by atoms with Crippen molar-refractivity contribution in [3.63, 3.8) is 0 Å². The Balaban J connectivity index is 2.53. The number of nitrogens with one attached hydrogen (secondary N) is 4. The molecule has 1 rings (SSSR count). The summed E-state index contributed by atoms with van der Waals surface area (Å²) in [6.45, 7) is 2.66. The molecule has 1 heterocycles. The molecular formula is C16H24N6O7. The lowest BCUT2D eigenvalue weighted by Gasteiger charge is -2.21. The van der Waals surface area contributed by atoms with Crippen LogP contribution in [-0.2, 0) is 30.4 Å². The zero-order valence-corrected chi connectivity index (χ0v) is 15.8. The summed E-state index contributed by atoms with van der Waals surface area (Å²) in [5.41, 5.74) is 6.41. The monoisotopic (exact) mass is 412 g/mol. The van der Waals surface area contributed by atoms with E-state index < -0.39 is 60.2 Å². The molecule has 0 aliphatic carbocycles. The second-order valence-corrected chi connectivity index (χ2v) is 6.35. The van der Waals surface area contributed by atoms with Crippen LogP contribution in [0.3, 0.4) is 0 Å². The van der Waals surface area contributed by atoms with Crippen LogP contribution in [0.25, 0.3) is 0 Å². The molecule has 1 aromatic heterocycles. The molecule has 8 N–H and O–H groups in total. The second-order valence-electron chi connectivity index (χ2n) is 6.35. The van der Waals surface area contributed by atoms with E-state index in [2.05, 4.69) is 20.6 Å². The Hall–Kier alpha value is -3.48. The lowest BCUT2D eigenvalue weighted by molar-refractivity contribution is -0.147. The third-order valence-electron chi connectivity index (χ3n) is 3.83. The predicted octanol–water partition coefficient (Wildman–Crippen LogP) is -2.67. The topological polar surface area (TPSA) is 217 Å². The molecule has 160 valence electrons. The van der Waals surface area contributed by atoms with Gasteiger partial charge in [-0.15, -0.1) is 0 Å². The maximum absolute atomic E-state index is 12.2. The SMILES string of the molecule is CC(NC(=O)C(N)Cc1cnc[nH]1)C(=O)NC(C)C(=O)NC(CC(=O)O)C(=O)O. The molecular weight excluding hydrogens is 388 g/mol. The Morgan fingerprint density at radius 1 is 1.03 bits per heavy atom. The number of rotatable bonds is 11. The fourth-order valence-corrected chi connectivity index (χ4v) is 2.19. The Morgan fingerprint density at radius 2 is 1.59 bits per heavy atom. The molecule has 0 spiro atoms. The minimum Gasteiger partial charge on any atom is -0.481 e. The summed E-state index contributed by atoms with van der Waals surface area (Å²) >= 11 is 0. The van der Waals surface area contributed by atoms with Gasteiger partial charge in [0.15, 0.2) is 0 Å². The minimum absolute atomic E-state index is 0.180. The highest BCUT2D eigenvalue weighted by atomic mass is 16.4. The van der Waals surface area contributed by atoms with E-state index in [1.807, 2.05) is 5.32 Å². The number of carbonyl (C=O) groups excluding carboxylic acids is 3. The molecule has 13 heteroatoms. The second kappa shape index (κ2) is 10.8. The molecule has 0 bridgehead atoms. The van der Waals surface area contributed by atoms with E-state index in [9.17, 15) is 24.0 Å². The molecule has 0 aliphatic rings. The fraction of sp³-hybridized carbons (Fsp3) is 0.500. The van der Waals surface area contributed by atoms with Crippen molar-refractivity contribution in [2.24, 2.45) is 5.73 Å². The number of amides is 3. The van der Waals surface area contributed by atoms with Gasteiger partial charge in [0.25, 0.3) is 0 Å². The number of hydrogen-bond acceptors (Lipinski definition) is 7. The lowest BCUT2D eigenvalue weighted by Crippen LogP contribution is -2.55. The molecule has 13 nitrogen and oxygen atoms in total. The maximum atomic E-state index is 12.2. The van der Waals surface area contributed by atoms with Crippen molar-refractivity contribution in [2.75, 3.05) is 0 Å². The van der Waals surface area contributed by atoms with Crippen molar-refractivity contribution < 1.29 is 34.2 Å². The van der Waals surface area contributed by atoms with Gasteiger partial charge < -0.3 is 36.9 Å². The summed E-state index contributed by atoms with van der Waals surface area (Å²) in [6.07, 6.45) is 2.31. The van der Waals surface area contributed by atoms with Gasteiger partial charge in [0.2, 0.25) is 17.7 Å². The number of aromatic nitrogens is 2. The standard InChI is InChI=1S/C16H24N6O7/c1-7(21-15(27)10(17)3-9-5-18-6-19-9)13(25)20-8(2)14(26)22-11(16(28)29)4-12(23)24/h5-8,10-11H,3-4,17H2,1-2H3,(H,18,19)(H,20,25)(H,21,27)(H,22,26)(H,23,24)(H,28,29). The maximum Gasteiger partial charge on any atom is 0.326 e. The van der Waals surface area contributed by atoms with Crippen molar-refractivity contribution in [1.82, 2.24) is 25.9 Å². The molecule has 0 saturated carbocycles. The van der Waals surface area contributed by atoms with Gasteiger partial charge in [-0.1, -0.05) is 0 Å². The normalized spacial score (nSPS) is 14.7. The number of hydrogen-bond donors (Lipinski definition) is 7. The summed E-state index contributed by atoms with van der Waals surface area (Å²) < 4.78 is 0.